The van der Waals surface area contributed by atoms with Gasteiger partial charge < -0.3 is 16.4 Å². The van der Waals surface area contributed by atoms with E-state index in [1.165, 1.54) is 25.7 Å². The Labute approximate surface area is 127 Å². The summed E-state index contributed by atoms with van der Waals surface area (Å²) < 4.78 is 0. The van der Waals surface area contributed by atoms with Crippen LogP contribution in [0.3, 0.4) is 0 Å². The average Bonchev–Trinajstić information content (AvgIpc) is 2.91. The zero-order chi connectivity index (χ0) is 15.4. The van der Waals surface area contributed by atoms with Crippen LogP contribution >= 0.6 is 0 Å². The van der Waals surface area contributed by atoms with E-state index in [2.05, 4.69) is 10.6 Å². The maximum Gasteiger partial charge on any atom is 0.239 e. The largest absolute Gasteiger partial charge is 0.352 e. The van der Waals surface area contributed by atoms with Crippen molar-refractivity contribution < 1.29 is 9.59 Å². The fourth-order valence-corrected chi connectivity index (χ4v) is 3.70. The van der Waals surface area contributed by atoms with Gasteiger partial charge in [-0.05, 0) is 37.0 Å². The summed E-state index contributed by atoms with van der Waals surface area (Å²) in [5.74, 6) is 1.42. The predicted octanol–water partition coefficient (Wildman–Crippen LogP) is 1.17. The van der Waals surface area contributed by atoms with E-state index in [4.69, 9.17) is 5.73 Å². The third-order valence-electron chi connectivity index (χ3n) is 5.10. The molecule has 0 heterocycles. The SMILES string of the molecule is CC(C)[C@H](N)C(=O)NCC(=O)NC1CCC2CCCC2C1. The minimum absolute atomic E-state index is 0.0316. The molecule has 4 N–H and O–H groups in total. The number of hydrogen-bond donors (Lipinski definition) is 3. The lowest BCUT2D eigenvalue weighted by atomic mass is 9.79. The number of rotatable bonds is 5. The normalized spacial score (nSPS) is 29.8. The van der Waals surface area contributed by atoms with Gasteiger partial charge >= 0.3 is 0 Å². The van der Waals surface area contributed by atoms with Crippen molar-refractivity contribution in [3.8, 4) is 0 Å². The van der Waals surface area contributed by atoms with Gasteiger partial charge in [0.1, 0.15) is 0 Å². The van der Waals surface area contributed by atoms with E-state index in [0.717, 1.165) is 24.7 Å². The summed E-state index contributed by atoms with van der Waals surface area (Å²) in [6, 6.07) is -0.265. The summed E-state index contributed by atoms with van der Waals surface area (Å²) in [4.78, 5) is 23.6. The van der Waals surface area contributed by atoms with Crippen LogP contribution in [0.4, 0.5) is 0 Å². The fourth-order valence-electron chi connectivity index (χ4n) is 3.70. The van der Waals surface area contributed by atoms with Crippen molar-refractivity contribution in [1.82, 2.24) is 10.6 Å². The highest BCUT2D eigenvalue weighted by atomic mass is 16.2. The molecule has 5 nitrogen and oxygen atoms in total. The minimum atomic E-state index is -0.549. The van der Waals surface area contributed by atoms with Crippen molar-refractivity contribution in [1.29, 1.82) is 0 Å². The number of hydrogen-bond acceptors (Lipinski definition) is 3. The van der Waals surface area contributed by atoms with E-state index in [1.807, 2.05) is 13.8 Å². The molecule has 120 valence electrons. The fraction of sp³-hybridized carbons (Fsp3) is 0.875. The molecular weight excluding hydrogens is 266 g/mol. The lowest BCUT2D eigenvalue weighted by Gasteiger charge is -2.32. The standard InChI is InChI=1S/C16H29N3O2/c1-10(2)15(17)16(21)18-9-14(20)19-13-7-6-11-4-3-5-12(11)8-13/h10-13,15H,3-9,17H2,1-2H3,(H,18,21)(H,19,20)/t11?,12?,13?,15-/m0/s1. The second-order valence-electron chi connectivity index (χ2n) is 7.02. The monoisotopic (exact) mass is 295 g/mol. The number of nitrogens with one attached hydrogen (secondary N) is 2. The van der Waals surface area contributed by atoms with Crippen LogP contribution in [0.5, 0.6) is 0 Å². The molecule has 2 saturated carbocycles. The first-order chi connectivity index (χ1) is 9.97. The Hall–Kier alpha value is -1.10. The van der Waals surface area contributed by atoms with Crippen molar-refractivity contribution in [2.24, 2.45) is 23.5 Å². The maximum atomic E-state index is 11.9. The summed E-state index contributed by atoms with van der Waals surface area (Å²) in [6.07, 6.45) is 7.45. The Morgan fingerprint density at radius 3 is 2.57 bits per heavy atom. The summed E-state index contributed by atoms with van der Waals surface area (Å²) in [5.41, 5.74) is 5.75. The zero-order valence-corrected chi connectivity index (χ0v) is 13.2. The highest BCUT2D eigenvalue weighted by Gasteiger charge is 2.34. The molecule has 0 aromatic heterocycles. The van der Waals surface area contributed by atoms with E-state index >= 15 is 0 Å². The zero-order valence-electron chi connectivity index (χ0n) is 13.2. The van der Waals surface area contributed by atoms with E-state index in [0.29, 0.717) is 0 Å². The molecule has 2 aliphatic carbocycles. The molecule has 2 aliphatic rings. The Balaban J connectivity index is 1.69. The summed E-state index contributed by atoms with van der Waals surface area (Å²) >= 11 is 0. The molecule has 3 unspecified atom stereocenters. The molecular formula is C16H29N3O2. The van der Waals surface area contributed by atoms with Gasteiger partial charge in [-0.15, -0.1) is 0 Å². The Bertz CT molecular complexity index is 384. The summed E-state index contributed by atoms with van der Waals surface area (Å²) in [7, 11) is 0. The second-order valence-corrected chi connectivity index (χ2v) is 7.02. The molecule has 0 aromatic rings. The molecule has 0 aromatic carbocycles. The number of amides is 2. The van der Waals surface area contributed by atoms with Crippen LogP contribution in [0.25, 0.3) is 0 Å². The van der Waals surface area contributed by atoms with Crippen LogP contribution in [0, 0.1) is 17.8 Å². The van der Waals surface area contributed by atoms with E-state index in [-0.39, 0.29) is 30.3 Å². The Morgan fingerprint density at radius 1 is 1.14 bits per heavy atom. The molecule has 4 atom stereocenters. The predicted molar refractivity (Wildman–Crippen MR) is 82.4 cm³/mol. The van der Waals surface area contributed by atoms with Crippen molar-refractivity contribution in [2.45, 2.75) is 64.5 Å². The van der Waals surface area contributed by atoms with Gasteiger partial charge in [-0.25, -0.2) is 0 Å². The number of carbonyl (C=O) groups excluding carboxylic acids is 2. The second kappa shape index (κ2) is 7.25. The van der Waals surface area contributed by atoms with Crippen molar-refractivity contribution in [3.05, 3.63) is 0 Å². The molecule has 0 spiro atoms. The van der Waals surface area contributed by atoms with Crippen LogP contribution in [0.1, 0.15) is 52.4 Å². The number of carbonyl (C=O) groups is 2. The van der Waals surface area contributed by atoms with E-state index in [1.54, 1.807) is 0 Å². The Morgan fingerprint density at radius 2 is 1.86 bits per heavy atom. The van der Waals surface area contributed by atoms with Gasteiger partial charge in [0.2, 0.25) is 11.8 Å². The number of nitrogens with two attached hydrogens (primary N) is 1. The first-order valence-electron chi connectivity index (χ1n) is 8.30. The molecule has 0 radical (unpaired) electrons. The molecule has 0 aliphatic heterocycles. The number of fused-ring (bicyclic) bond motifs is 1. The van der Waals surface area contributed by atoms with E-state index < -0.39 is 6.04 Å². The van der Waals surface area contributed by atoms with Crippen LogP contribution in [0.15, 0.2) is 0 Å². The highest BCUT2D eigenvalue weighted by molar-refractivity contribution is 5.87. The van der Waals surface area contributed by atoms with E-state index in [9.17, 15) is 9.59 Å². The van der Waals surface area contributed by atoms with Gasteiger partial charge in [0.25, 0.3) is 0 Å². The Kier molecular flexibility index (Phi) is 5.62. The van der Waals surface area contributed by atoms with Crippen LogP contribution in [0.2, 0.25) is 0 Å². The van der Waals surface area contributed by atoms with Gasteiger partial charge in [0, 0.05) is 6.04 Å². The van der Waals surface area contributed by atoms with Gasteiger partial charge in [-0.3, -0.25) is 9.59 Å². The van der Waals surface area contributed by atoms with Gasteiger partial charge in [-0.2, -0.15) is 0 Å². The maximum absolute atomic E-state index is 11.9. The quantitative estimate of drug-likeness (QED) is 0.712. The molecule has 2 amide bonds. The van der Waals surface area contributed by atoms with Crippen LogP contribution in [-0.2, 0) is 9.59 Å². The van der Waals surface area contributed by atoms with Crippen LogP contribution in [-0.4, -0.2) is 30.4 Å². The van der Waals surface area contributed by atoms with Crippen molar-refractivity contribution in [2.75, 3.05) is 6.54 Å². The van der Waals surface area contributed by atoms with Crippen molar-refractivity contribution >= 4 is 11.8 Å². The average molecular weight is 295 g/mol. The van der Waals surface area contributed by atoms with Crippen LogP contribution < -0.4 is 16.4 Å². The smallest absolute Gasteiger partial charge is 0.239 e. The third-order valence-corrected chi connectivity index (χ3v) is 5.10. The van der Waals surface area contributed by atoms with Gasteiger partial charge in [-0.1, -0.05) is 33.1 Å². The molecule has 2 rings (SSSR count). The summed E-state index contributed by atoms with van der Waals surface area (Å²) in [5, 5.41) is 5.68. The molecule has 5 heteroatoms. The van der Waals surface area contributed by atoms with Gasteiger partial charge in [0.05, 0.1) is 12.6 Å². The topological polar surface area (TPSA) is 84.2 Å². The highest BCUT2D eigenvalue weighted by Crippen LogP contribution is 2.41. The minimum Gasteiger partial charge on any atom is -0.352 e. The molecule has 0 saturated heterocycles. The first-order valence-corrected chi connectivity index (χ1v) is 8.30. The third kappa shape index (κ3) is 4.43. The molecule has 0 bridgehead atoms. The molecule has 2 fully saturated rings. The lowest BCUT2D eigenvalue weighted by Crippen LogP contribution is -2.49. The van der Waals surface area contributed by atoms with Crippen molar-refractivity contribution in [3.63, 3.8) is 0 Å². The lowest BCUT2D eigenvalue weighted by molar-refractivity contribution is -0.127. The first kappa shape index (κ1) is 16.3. The van der Waals surface area contributed by atoms with Gasteiger partial charge in [0.15, 0.2) is 0 Å². The molecule has 21 heavy (non-hydrogen) atoms. The summed E-state index contributed by atoms with van der Waals surface area (Å²) in [6.45, 7) is 3.82.